The smallest absolute Gasteiger partial charge is 0.462 e. The summed E-state index contributed by atoms with van der Waals surface area (Å²) in [5, 5.41) is 22.9. The molecule has 0 aliphatic heterocycles. The van der Waals surface area contributed by atoms with Crippen LogP contribution in [0.5, 0.6) is 17.2 Å². The van der Waals surface area contributed by atoms with Gasteiger partial charge in [-0.05, 0) is 109 Å². The summed E-state index contributed by atoms with van der Waals surface area (Å²) in [5.74, 6) is -1.66. The van der Waals surface area contributed by atoms with Crippen molar-refractivity contribution in [1.29, 1.82) is 0 Å². The Hall–Kier alpha value is -6.31. The highest BCUT2D eigenvalue weighted by Crippen LogP contribution is 2.26. The van der Waals surface area contributed by atoms with Crippen LogP contribution >= 0.6 is 22.6 Å². The summed E-state index contributed by atoms with van der Waals surface area (Å²) in [4.78, 5) is 22.3. The highest BCUT2D eigenvalue weighted by atomic mass is 127. The molecule has 61 heavy (non-hydrogen) atoms. The van der Waals surface area contributed by atoms with Gasteiger partial charge in [0, 0.05) is 27.7 Å². The summed E-state index contributed by atoms with van der Waals surface area (Å²) in [7, 11) is 0. The van der Waals surface area contributed by atoms with Gasteiger partial charge in [0.1, 0.15) is 17.2 Å². The number of alkyl halides is 9. The second-order valence-electron chi connectivity index (χ2n) is 11.1. The van der Waals surface area contributed by atoms with Crippen LogP contribution in [0.4, 0.5) is 39.5 Å². The number of nitrogens with zero attached hydrogens (tertiary/aromatic N) is 5. The van der Waals surface area contributed by atoms with Crippen LogP contribution in [0.2, 0.25) is 0 Å². The van der Waals surface area contributed by atoms with E-state index in [0.29, 0.717) is 29.1 Å². The minimum absolute atomic E-state index is 0.144. The zero-order valence-electron chi connectivity index (χ0n) is 31.3. The molecule has 328 valence electrons. The Labute approximate surface area is 352 Å². The third-order valence-corrected chi connectivity index (χ3v) is 7.36. The van der Waals surface area contributed by atoms with Crippen molar-refractivity contribution in [2.24, 2.45) is 0 Å². The first kappa shape index (κ1) is 49.1. The molecule has 0 saturated heterocycles. The lowest BCUT2D eigenvalue weighted by atomic mass is 10.3. The minimum atomic E-state index is -4.73. The highest BCUT2D eigenvalue weighted by Gasteiger charge is 2.32. The zero-order chi connectivity index (χ0) is 45.2. The van der Waals surface area contributed by atoms with Crippen LogP contribution in [0.1, 0.15) is 40.1 Å². The van der Waals surface area contributed by atoms with E-state index in [4.69, 9.17) is 9.84 Å². The molecule has 14 nitrogen and oxygen atoms in total. The summed E-state index contributed by atoms with van der Waals surface area (Å²) >= 11 is 2.00. The lowest BCUT2D eigenvalue weighted by Gasteiger charge is -2.09. The minimum Gasteiger partial charge on any atom is -0.462 e. The summed E-state index contributed by atoms with van der Waals surface area (Å²) in [5.41, 5.74) is 2.39. The number of hydrogen-bond acceptors (Lipinski definition) is 11. The molecule has 0 atom stereocenters. The number of esters is 2. The van der Waals surface area contributed by atoms with E-state index in [1.807, 2.05) is 22.6 Å². The maximum absolute atomic E-state index is 12.0. The van der Waals surface area contributed by atoms with Crippen LogP contribution in [0.25, 0.3) is 11.4 Å². The van der Waals surface area contributed by atoms with Gasteiger partial charge in [-0.2, -0.15) is 15.3 Å². The first-order valence-corrected chi connectivity index (χ1v) is 18.0. The lowest BCUT2D eigenvalue weighted by molar-refractivity contribution is -0.275. The normalized spacial score (nSPS) is 11.0. The molecule has 0 saturated carbocycles. The standard InChI is InChI=1S/C13H11F3N2O3.C11H9F3N2O2.C7H4F3IO.C6H8N2O2/c1-2-20-12(19)9-7-17-18(8-9)10-3-5-11(6-4-10)21-13(14,15)16;12-11(13,14)18-10-3-1-9(2-4-10)16-6-8(7-17)5-15-16;8-7(9,10)12-6-3-1-5(11)2-4-6;1-2-10-6(9)5-3-7-8-4-5/h3-8H,2H2,1H3;1-6,17H,7H2;1-4H;3-4H,2H2,1H3,(H,7,8). The van der Waals surface area contributed by atoms with E-state index in [-0.39, 0.29) is 42.0 Å². The van der Waals surface area contributed by atoms with Crippen LogP contribution in [0, 0.1) is 3.57 Å². The van der Waals surface area contributed by atoms with Crippen molar-refractivity contribution in [2.75, 3.05) is 13.2 Å². The number of carbonyl (C=O) groups excluding carboxylic acids is 2. The van der Waals surface area contributed by atoms with Crippen LogP contribution in [0.15, 0.2) is 110 Å². The zero-order valence-corrected chi connectivity index (χ0v) is 33.5. The van der Waals surface area contributed by atoms with Gasteiger partial charge < -0.3 is 28.8 Å². The van der Waals surface area contributed by atoms with Gasteiger partial charge in [-0.1, -0.05) is 0 Å². The molecule has 0 spiro atoms. The average molecular weight is 987 g/mol. The fourth-order valence-electron chi connectivity index (χ4n) is 4.18. The molecule has 3 heterocycles. The van der Waals surface area contributed by atoms with Gasteiger partial charge >= 0.3 is 31.0 Å². The lowest BCUT2D eigenvalue weighted by Crippen LogP contribution is -2.17. The van der Waals surface area contributed by atoms with Crippen molar-refractivity contribution >= 4 is 34.5 Å². The molecule has 0 aliphatic rings. The second kappa shape index (κ2) is 22.9. The maximum Gasteiger partial charge on any atom is 0.573 e. The number of aromatic amines is 1. The molecule has 24 heteroatoms. The fraction of sp³-hybridized carbons (Fsp3) is 0.216. The van der Waals surface area contributed by atoms with E-state index in [0.717, 1.165) is 15.7 Å². The second-order valence-corrected chi connectivity index (χ2v) is 12.4. The van der Waals surface area contributed by atoms with Gasteiger partial charge in [0.15, 0.2) is 0 Å². The molecule has 0 bridgehead atoms. The van der Waals surface area contributed by atoms with E-state index in [1.54, 1.807) is 32.2 Å². The van der Waals surface area contributed by atoms with Crippen LogP contribution in [0.3, 0.4) is 0 Å². The van der Waals surface area contributed by atoms with Gasteiger partial charge in [0.25, 0.3) is 0 Å². The quantitative estimate of drug-likeness (QED) is 0.0765. The first-order valence-electron chi connectivity index (χ1n) is 16.9. The molecular formula is C37H32F9IN6O8. The average Bonchev–Trinajstić information content (AvgIpc) is 3.99. The number of halogens is 10. The Kier molecular flexibility index (Phi) is 18.4. The highest BCUT2D eigenvalue weighted by molar-refractivity contribution is 14.1. The topological polar surface area (TPSA) is 165 Å². The molecule has 0 fully saturated rings. The predicted octanol–water partition coefficient (Wildman–Crippen LogP) is 8.99. The largest absolute Gasteiger partial charge is 0.573 e. The number of hydrogen-bond donors (Lipinski definition) is 2. The van der Waals surface area contributed by atoms with E-state index >= 15 is 0 Å². The Morgan fingerprint density at radius 2 is 1.03 bits per heavy atom. The number of carbonyl (C=O) groups is 2. The van der Waals surface area contributed by atoms with Crippen molar-refractivity contribution < 1.29 is 77.9 Å². The number of ether oxygens (including phenoxy) is 5. The maximum atomic E-state index is 12.0. The van der Waals surface area contributed by atoms with Crippen molar-refractivity contribution in [3.8, 4) is 28.6 Å². The number of benzene rings is 3. The summed E-state index contributed by atoms with van der Waals surface area (Å²) in [6, 6.07) is 16.0. The van der Waals surface area contributed by atoms with Crippen molar-refractivity contribution in [3.05, 3.63) is 130 Å². The van der Waals surface area contributed by atoms with Gasteiger partial charge in [-0.25, -0.2) is 19.0 Å². The van der Waals surface area contributed by atoms with E-state index in [2.05, 4.69) is 39.3 Å². The Morgan fingerprint density at radius 1 is 0.623 bits per heavy atom. The number of H-pyrrole nitrogens is 1. The first-order chi connectivity index (χ1) is 28.7. The predicted molar refractivity (Wildman–Crippen MR) is 203 cm³/mol. The van der Waals surface area contributed by atoms with E-state index in [9.17, 15) is 49.1 Å². The molecule has 0 amide bonds. The SMILES string of the molecule is CCOC(=O)c1cn[nH]c1.CCOC(=O)c1cnn(-c2ccc(OC(F)(F)F)cc2)c1.FC(F)(F)Oc1ccc(I)cc1.OCc1cnn(-c2ccc(OC(F)(F)F)cc2)c1. The van der Waals surface area contributed by atoms with Crippen LogP contribution < -0.4 is 14.2 Å². The molecule has 0 unspecified atom stereocenters. The Bertz CT molecular complexity index is 2210. The van der Waals surface area contributed by atoms with Crippen molar-refractivity contribution in [3.63, 3.8) is 0 Å². The molecule has 6 aromatic rings. The molecule has 6 rings (SSSR count). The summed E-state index contributed by atoms with van der Waals surface area (Å²) in [6.07, 6.45) is -5.31. The van der Waals surface area contributed by atoms with Gasteiger partial charge in [-0.15, -0.1) is 39.5 Å². The van der Waals surface area contributed by atoms with Crippen LogP contribution in [-0.2, 0) is 16.1 Å². The van der Waals surface area contributed by atoms with Crippen molar-refractivity contribution in [2.45, 2.75) is 39.5 Å². The fourth-order valence-corrected chi connectivity index (χ4v) is 4.54. The number of rotatable bonds is 10. The summed E-state index contributed by atoms with van der Waals surface area (Å²) < 4.78 is 131. The number of aromatic nitrogens is 6. The van der Waals surface area contributed by atoms with Gasteiger partial charge in [-0.3, -0.25) is 5.10 Å². The Morgan fingerprint density at radius 3 is 1.41 bits per heavy atom. The number of nitrogens with one attached hydrogen (secondary N) is 1. The molecule has 0 aliphatic carbocycles. The van der Waals surface area contributed by atoms with Crippen molar-refractivity contribution in [1.82, 2.24) is 29.8 Å². The molecule has 0 radical (unpaired) electrons. The molecular weight excluding hydrogens is 954 g/mol. The molecule has 3 aromatic carbocycles. The third kappa shape index (κ3) is 18.7. The summed E-state index contributed by atoms with van der Waals surface area (Å²) in [6.45, 7) is 3.94. The van der Waals surface area contributed by atoms with E-state index < -0.39 is 25.1 Å². The van der Waals surface area contributed by atoms with Crippen LogP contribution in [-0.4, -0.2) is 79.1 Å². The Balaban J connectivity index is 0.000000226. The monoisotopic (exact) mass is 986 g/mol. The van der Waals surface area contributed by atoms with Gasteiger partial charge in [0.05, 0.1) is 60.9 Å². The molecule has 2 N–H and O–H groups in total. The number of aliphatic hydroxyl groups is 1. The van der Waals surface area contributed by atoms with E-state index in [1.165, 1.54) is 88.9 Å². The number of aliphatic hydroxyl groups excluding tert-OH is 1. The third-order valence-electron chi connectivity index (χ3n) is 6.64. The van der Waals surface area contributed by atoms with Gasteiger partial charge in [0.2, 0.25) is 0 Å². The molecule has 3 aromatic heterocycles.